The molecule has 1 amide bonds. The molecule has 0 saturated heterocycles. The van der Waals surface area contributed by atoms with E-state index in [2.05, 4.69) is 10.0 Å². The van der Waals surface area contributed by atoms with Crippen molar-refractivity contribution in [2.24, 2.45) is 5.92 Å². The fourth-order valence-electron chi connectivity index (χ4n) is 1.40. The molecule has 2 N–H and O–H groups in total. The SMILES string of the molecule is CC(C)C(=O)Nc1cccc(CNS(=O)(=O)C(C)C)c1. The average molecular weight is 298 g/mol. The molecule has 0 bridgehead atoms. The van der Waals surface area contributed by atoms with Crippen molar-refractivity contribution in [3.05, 3.63) is 29.8 Å². The molecule has 0 radical (unpaired) electrons. The fraction of sp³-hybridized carbons (Fsp3) is 0.500. The first kappa shape index (κ1) is 16.7. The molecule has 0 saturated carbocycles. The lowest BCUT2D eigenvalue weighted by Crippen LogP contribution is -2.30. The van der Waals surface area contributed by atoms with Crippen molar-refractivity contribution in [2.75, 3.05) is 5.32 Å². The van der Waals surface area contributed by atoms with Crippen molar-refractivity contribution in [3.63, 3.8) is 0 Å². The zero-order valence-corrected chi connectivity index (χ0v) is 13.1. The third-order valence-corrected chi connectivity index (χ3v) is 4.60. The van der Waals surface area contributed by atoms with Gasteiger partial charge in [-0.25, -0.2) is 13.1 Å². The Morgan fingerprint density at radius 1 is 1.20 bits per heavy atom. The first-order valence-corrected chi connectivity index (χ1v) is 8.15. The summed E-state index contributed by atoms with van der Waals surface area (Å²) in [4.78, 5) is 11.6. The standard InChI is InChI=1S/C14H22N2O3S/c1-10(2)14(17)16-13-7-5-6-12(8-13)9-15-20(18,19)11(3)4/h5-8,10-11,15H,9H2,1-4H3,(H,16,17). The Bertz CT molecular complexity index is 566. The first-order chi connectivity index (χ1) is 9.22. The number of sulfonamides is 1. The number of carbonyl (C=O) groups is 1. The highest BCUT2D eigenvalue weighted by atomic mass is 32.2. The van der Waals surface area contributed by atoms with E-state index in [4.69, 9.17) is 0 Å². The van der Waals surface area contributed by atoms with Crippen LogP contribution in [0.2, 0.25) is 0 Å². The quantitative estimate of drug-likeness (QED) is 0.844. The maximum Gasteiger partial charge on any atom is 0.226 e. The zero-order valence-electron chi connectivity index (χ0n) is 12.3. The molecule has 0 aromatic heterocycles. The lowest BCUT2D eigenvalue weighted by molar-refractivity contribution is -0.118. The molecule has 5 nitrogen and oxygen atoms in total. The molecule has 0 heterocycles. The largest absolute Gasteiger partial charge is 0.326 e. The van der Waals surface area contributed by atoms with Gasteiger partial charge in [-0.15, -0.1) is 0 Å². The summed E-state index contributed by atoms with van der Waals surface area (Å²) in [5, 5.41) is 2.32. The topological polar surface area (TPSA) is 75.3 Å². The van der Waals surface area contributed by atoms with Gasteiger partial charge in [-0.1, -0.05) is 26.0 Å². The van der Waals surface area contributed by atoms with Crippen molar-refractivity contribution in [1.29, 1.82) is 0 Å². The Labute approximate surface area is 120 Å². The molecule has 0 atom stereocenters. The molecule has 0 aliphatic rings. The Hall–Kier alpha value is -1.40. The van der Waals surface area contributed by atoms with Crippen LogP contribution < -0.4 is 10.0 Å². The van der Waals surface area contributed by atoms with Crippen molar-refractivity contribution < 1.29 is 13.2 Å². The van der Waals surface area contributed by atoms with Crippen molar-refractivity contribution >= 4 is 21.6 Å². The summed E-state index contributed by atoms with van der Waals surface area (Å²) in [6.45, 7) is 7.10. The van der Waals surface area contributed by atoms with E-state index >= 15 is 0 Å². The molecule has 0 fully saturated rings. The Morgan fingerprint density at radius 3 is 2.40 bits per heavy atom. The molecular weight excluding hydrogens is 276 g/mol. The second-order valence-corrected chi connectivity index (χ2v) is 7.58. The summed E-state index contributed by atoms with van der Waals surface area (Å²) >= 11 is 0. The third-order valence-electron chi connectivity index (χ3n) is 2.82. The molecule has 6 heteroatoms. The van der Waals surface area contributed by atoms with E-state index in [9.17, 15) is 13.2 Å². The second kappa shape index (κ2) is 6.85. The number of rotatable bonds is 6. The van der Waals surface area contributed by atoms with Gasteiger partial charge in [0.05, 0.1) is 5.25 Å². The van der Waals surface area contributed by atoms with Gasteiger partial charge in [0, 0.05) is 18.2 Å². The van der Waals surface area contributed by atoms with E-state index in [-0.39, 0.29) is 18.4 Å². The van der Waals surface area contributed by atoms with Crippen LogP contribution in [0.3, 0.4) is 0 Å². The summed E-state index contributed by atoms with van der Waals surface area (Å²) in [6, 6.07) is 7.15. The highest BCUT2D eigenvalue weighted by molar-refractivity contribution is 7.90. The first-order valence-electron chi connectivity index (χ1n) is 6.60. The number of hydrogen-bond donors (Lipinski definition) is 2. The summed E-state index contributed by atoms with van der Waals surface area (Å²) < 4.78 is 25.9. The van der Waals surface area contributed by atoms with Gasteiger partial charge in [-0.05, 0) is 31.5 Å². The highest BCUT2D eigenvalue weighted by Crippen LogP contribution is 2.12. The molecule has 0 spiro atoms. The summed E-state index contributed by atoms with van der Waals surface area (Å²) in [5.41, 5.74) is 1.47. The molecule has 1 rings (SSSR count). The van der Waals surface area contributed by atoms with Crippen LogP contribution in [0, 0.1) is 5.92 Å². The molecule has 1 aromatic rings. The van der Waals surface area contributed by atoms with Crippen LogP contribution >= 0.6 is 0 Å². The van der Waals surface area contributed by atoms with E-state index in [1.807, 2.05) is 19.9 Å². The monoisotopic (exact) mass is 298 g/mol. The van der Waals surface area contributed by atoms with Gasteiger partial charge in [0.1, 0.15) is 0 Å². The average Bonchev–Trinajstić information content (AvgIpc) is 2.36. The maximum absolute atomic E-state index is 11.7. The van der Waals surface area contributed by atoms with Gasteiger partial charge in [-0.2, -0.15) is 0 Å². The zero-order chi connectivity index (χ0) is 15.3. The Kier molecular flexibility index (Phi) is 5.71. The van der Waals surface area contributed by atoms with Crippen LogP contribution in [-0.2, 0) is 21.4 Å². The minimum atomic E-state index is -3.28. The molecular formula is C14H22N2O3S. The van der Waals surface area contributed by atoms with Crippen molar-refractivity contribution in [1.82, 2.24) is 4.72 Å². The van der Waals surface area contributed by atoms with E-state index in [1.165, 1.54) is 0 Å². The second-order valence-electron chi connectivity index (χ2n) is 5.26. The number of anilines is 1. The minimum Gasteiger partial charge on any atom is -0.326 e. The van der Waals surface area contributed by atoms with Crippen molar-refractivity contribution in [3.8, 4) is 0 Å². The predicted octanol–water partition coefficient (Wildman–Crippen LogP) is 2.11. The number of nitrogens with one attached hydrogen (secondary N) is 2. The number of carbonyl (C=O) groups excluding carboxylic acids is 1. The van der Waals surface area contributed by atoms with Gasteiger partial charge >= 0.3 is 0 Å². The Morgan fingerprint density at radius 2 is 1.85 bits per heavy atom. The van der Waals surface area contributed by atoms with Crippen LogP contribution in [0.15, 0.2) is 24.3 Å². The van der Waals surface area contributed by atoms with E-state index in [0.717, 1.165) is 5.56 Å². The normalized spacial score (nSPS) is 11.9. The van der Waals surface area contributed by atoms with Crippen LogP contribution in [0.25, 0.3) is 0 Å². The lowest BCUT2D eigenvalue weighted by atomic mass is 10.1. The fourth-order valence-corrected chi connectivity index (χ4v) is 2.10. The molecule has 112 valence electrons. The summed E-state index contributed by atoms with van der Waals surface area (Å²) in [7, 11) is -3.28. The third kappa shape index (κ3) is 4.94. The highest BCUT2D eigenvalue weighted by Gasteiger charge is 2.15. The molecule has 0 aliphatic heterocycles. The maximum atomic E-state index is 11.7. The van der Waals surface area contributed by atoms with Crippen LogP contribution in [0.4, 0.5) is 5.69 Å². The van der Waals surface area contributed by atoms with E-state index in [1.54, 1.807) is 32.0 Å². The molecule has 0 unspecified atom stereocenters. The Balaban J connectivity index is 2.72. The predicted molar refractivity (Wildman–Crippen MR) is 80.8 cm³/mol. The lowest BCUT2D eigenvalue weighted by Gasteiger charge is -2.11. The smallest absolute Gasteiger partial charge is 0.226 e. The number of amides is 1. The van der Waals surface area contributed by atoms with Crippen LogP contribution in [0.5, 0.6) is 0 Å². The van der Waals surface area contributed by atoms with E-state index < -0.39 is 15.3 Å². The van der Waals surface area contributed by atoms with Gasteiger partial charge < -0.3 is 5.32 Å². The number of hydrogen-bond acceptors (Lipinski definition) is 3. The van der Waals surface area contributed by atoms with Crippen LogP contribution in [0.1, 0.15) is 33.3 Å². The van der Waals surface area contributed by atoms with Gasteiger partial charge in [0.2, 0.25) is 15.9 Å². The number of benzene rings is 1. The van der Waals surface area contributed by atoms with Gasteiger partial charge in [0.25, 0.3) is 0 Å². The summed E-state index contributed by atoms with van der Waals surface area (Å²) in [5.74, 6) is -0.164. The van der Waals surface area contributed by atoms with Gasteiger partial charge in [-0.3, -0.25) is 4.79 Å². The summed E-state index contributed by atoms with van der Waals surface area (Å²) in [6.07, 6.45) is 0. The molecule has 1 aromatic carbocycles. The van der Waals surface area contributed by atoms with E-state index in [0.29, 0.717) is 5.69 Å². The van der Waals surface area contributed by atoms with Crippen LogP contribution in [-0.4, -0.2) is 19.6 Å². The molecule has 20 heavy (non-hydrogen) atoms. The minimum absolute atomic E-state index is 0.0649. The van der Waals surface area contributed by atoms with Crippen molar-refractivity contribution in [2.45, 2.75) is 39.5 Å². The van der Waals surface area contributed by atoms with Gasteiger partial charge in [0.15, 0.2) is 0 Å². The molecule has 0 aliphatic carbocycles.